The van der Waals surface area contributed by atoms with Gasteiger partial charge >= 0.3 is 5.76 Å². The third-order valence-corrected chi connectivity index (χ3v) is 3.03. The quantitative estimate of drug-likeness (QED) is 0.674. The Kier molecular flexibility index (Phi) is 2.59. The maximum atomic E-state index is 11.4. The zero-order chi connectivity index (χ0) is 13.4. The normalized spacial score (nSPS) is 11.0. The van der Waals surface area contributed by atoms with Crippen LogP contribution >= 0.6 is 0 Å². The lowest BCUT2D eigenvalue weighted by atomic mass is 10.1. The Labute approximate surface area is 108 Å². The molecule has 5 heteroatoms. The van der Waals surface area contributed by atoms with E-state index in [1.54, 1.807) is 25.2 Å². The van der Waals surface area contributed by atoms with Crippen molar-refractivity contribution < 1.29 is 13.6 Å². The van der Waals surface area contributed by atoms with Crippen LogP contribution in [0.1, 0.15) is 21.9 Å². The number of oxazole rings is 1. The molecule has 0 unspecified atom stereocenters. The van der Waals surface area contributed by atoms with Crippen LogP contribution in [0.3, 0.4) is 0 Å². The minimum Gasteiger partial charge on any atom is -0.458 e. The number of fused-ring (bicyclic) bond motifs is 1. The van der Waals surface area contributed by atoms with Gasteiger partial charge in [-0.1, -0.05) is 6.07 Å². The van der Waals surface area contributed by atoms with Gasteiger partial charge in [0.2, 0.25) is 0 Å². The molecule has 0 bridgehead atoms. The zero-order valence-electron chi connectivity index (χ0n) is 10.3. The highest BCUT2D eigenvalue weighted by Crippen LogP contribution is 2.18. The van der Waals surface area contributed by atoms with Crippen molar-refractivity contribution >= 4 is 17.4 Å². The summed E-state index contributed by atoms with van der Waals surface area (Å²) in [7, 11) is 1.66. The van der Waals surface area contributed by atoms with E-state index < -0.39 is 0 Å². The van der Waals surface area contributed by atoms with E-state index in [1.165, 1.54) is 4.57 Å². The highest BCUT2D eigenvalue weighted by molar-refractivity contribution is 5.74. The SMILES string of the molecule is Cn1c(=O)oc2ccc(Cc3ccc(C=O)o3)cc21. The fourth-order valence-electron chi connectivity index (χ4n) is 2.04. The van der Waals surface area contributed by atoms with Crippen LogP contribution in [-0.2, 0) is 13.5 Å². The molecule has 0 fully saturated rings. The first kappa shape index (κ1) is 11.5. The molecule has 5 nitrogen and oxygen atoms in total. The standard InChI is InChI=1S/C14H11NO4/c1-15-12-7-9(2-5-13(12)19-14(15)17)6-10-3-4-11(8-16)18-10/h2-5,7-8H,6H2,1H3. The smallest absolute Gasteiger partial charge is 0.419 e. The number of benzene rings is 1. The number of hydrogen-bond donors (Lipinski definition) is 0. The van der Waals surface area contributed by atoms with Crippen LogP contribution < -0.4 is 5.76 Å². The predicted molar refractivity (Wildman–Crippen MR) is 68.4 cm³/mol. The van der Waals surface area contributed by atoms with Gasteiger partial charge in [0, 0.05) is 13.5 Å². The molecular weight excluding hydrogens is 246 g/mol. The number of aromatic nitrogens is 1. The number of carbonyl (C=O) groups is 1. The van der Waals surface area contributed by atoms with Gasteiger partial charge in [-0.05, 0) is 29.8 Å². The second-order valence-corrected chi connectivity index (χ2v) is 4.33. The van der Waals surface area contributed by atoms with Crippen molar-refractivity contribution in [3.63, 3.8) is 0 Å². The highest BCUT2D eigenvalue weighted by Gasteiger charge is 2.08. The zero-order valence-corrected chi connectivity index (χ0v) is 10.3. The van der Waals surface area contributed by atoms with Crippen LogP contribution in [0.15, 0.2) is 44.0 Å². The average Bonchev–Trinajstić information content (AvgIpc) is 2.97. The molecular formula is C14H11NO4. The van der Waals surface area contributed by atoms with Gasteiger partial charge in [0.25, 0.3) is 0 Å². The summed E-state index contributed by atoms with van der Waals surface area (Å²) < 4.78 is 11.8. The molecule has 0 saturated heterocycles. The number of aryl methyl sites for hydroxylation is 1. The van der Waals surface area contributed by atoms with Crippen molar-refractivity contribution in [3.8, 4) is 0 Å². The second kappa shape index (κ2) is 4.28. The van der Waals surface area contributed by atoms with Gasteiger partial charge in [-0.3, -0.25) is 9.36 Å². The molecule has 19 heavy (non-hydrogen) atoms. The van der Waals surface area contributed by atoms with E-state index in [0.717, 1.165) is 11.1 Å². The fourth-order valence-corrected chi connectivity index (χ4v) is 2.04. The molecule has 96 valence electrons. The third-order valence-electron chi connectivity index (χ3n) is 3.03. The van der Waals surface area contributed by atoms with Crippen molar-refractivity contribution in [1.29, 1.82) is 0 Å². The fraction of sp³-hybridized carbons (Fsp3) is 0.143. The summed E-state index contributed by atoms with van der Waals surface area (Å²) in [6, 6.07) is 8.91. The van der Waals surface area contributed by atoms with Crippen molar-refractivity contribution in [2.45, 2.75) is 6.42 Å². The second-order valence-electron chi connectivity index (χ2n) is 4.33. The molecule has 0 N–H and O–H groups in total. The number of aldehydes is 1. The molecule has 1 aromatic carbocycles. The molecule has 0 spiro atoms. The Morgan fingerprint density at radius 3 is 2.79 bits per heavy atom. The number of carbonyl (C=O) groups excluding carboxylic acids is 1. The summed E-state index contributed by atoms with van der Waals surface area (Å²) in [5.41, 5.74) is 2.28. The molecule has 2 aromatic heterocycles. The Morgan fingerprint density at radius 1 is 1.21 bits per heavy atom. The van der Waals surface area contributed by atoms with Gasteiger partial charge in [0.15, 0.2) is 17.6 Å². The maximum absolute atomic E-state index is 11.4. The van der Waals surface area contributed by atoms with Gasteiger partial charge in [-0.25, -0.2) is 4.79 Å². The van der Waals surface area contributed by atoms with Gasteiger partial charge in [0.05, 0.1) is 5.52 Å². The number of nitrogens with zero attached hydrogens (tertiary/aromatic N) is 1. The molecule has 0 amide bonds. The topological polar surface area (TPSA) is 65.3 Å². The summed E-state index contributed by atoms with van der Waals surface area (Å²) in [5.74, 6) is 0.634. The van der Waals surface area contributed by atoms with Crippen LogP contribution in [0.2, 0.25) is 0 Å². The van der Waals surface area contributed by atoms with E-state index in [-0.39, 0.29) is 5.76 Å². The molecule has 0 atom stereocenters. The van der Waals surface area contributed by atoms with Crippen LogP contribution in [0.25, 0.3) is 11.1 Å². The average molecular weight is 257 g/mol. The Balaban J connectivity index is 1.98. The van der Waals surface area contributed by atoms with Gasteiger partial charge in [-0.15, -0.1) is 0 Å². The van der Waals surface area contributed by atoms with Crippen molar-refractivity contribution in [2.24, 2.45) is 7.05 Å². The monoisotopic (exact) mass is 257 g/mol. The van der Waals surface area contributed by atoms with Crippen LogP contribution in [0.5, 0.6) is 0 Å². The van der Waals surface area contributed by atoms with E-state index in [1.807, 2.05) is 12.1 Å². The summed E-state index contributed by atoms with van der Waals surface area (Å²) in [4.78, 5) is 21.9. The Morgan fingerprint density at radius 2 is 2.05 bits per heavy atom. The van der Waals surface area contributed by atoms with Crippen molar-refractivity contribution in [1.82, 2.24) is 4.57 Å². The third kappa shape index (κ3) is 1.99. The number of furan rings is 1. The molecule has 0 aliphatic heterocycles. The van der Waals surface area contributed by atoms with Crippen molar-refractivity contribution in [2.75, 3.05) is 0 Å². The van der Waals surface area contributed by atoms with Crippen molar-refractivity contribution in [3.05, 3.63) is 58.0 Å². The molecule has 0 radical (unpaired) electrons. The summed E-state index contributed by atoms with van der Waals surface area (Å²) in [6.07, 6.45) is 1.23. The van der Waals surface area contributed by atoms with Crippen LogP contribution in [0, 0.1) is 0 Å². The molecule has 3 rings (SSSR count). The maximum Gasteiger partial charge on any atom is 0.419 e. The number of hydrogen-bond acceptors (Lipinski definition) is 4. The Bertz CT molecular complexity index is 806. The van der Waals surface area contributed by atoms with Crippen LogP contribution in [-0.4, -0.2) is 10.9 Å². The first-order valence-corrected chi connectivity index (χ1v) is 5.80. The summed E-state index contributed by atoms with van der Waals surface area (Å²) >= 11 is 0. The summed E-state index contributed by atoms with van der Waals surface area (Å²) in [5, 5.41) is 0. The first-order valence-electron chi connectivity index (χ1n) is 5.80. The molecule has 3 aromatic rings. The van der Waals surface area contributed by atoms with E-state index in [2.05, 4.69) is 0 Å². The van der Waals surface area contributed by atoms with E-state index in [4.69, 9.17) is 8.83 Å². The van der Waals surface area contributed by atoms with E-state index in [0.29, 0.717) is 29.8 Å². The van der Waals surface area contributed by atoms with Crippen LogP contribution in [0.4, 0.5) is 0 Å². The predicted octanol–water partition coefficient (Wildman–Crippen LogP) is 2.13. The first-order chi connectivity index (χ1) is 9.17. The van der Waals surface area contributed by atoms with E-state index >= 15 is 0 Å². The highest BCUT2D eigenvalue weighted by atomic mass is 16.4. The molecule has 0 aliphatic carbocycles. The lowest BCUT2D eigenvalue weighted by molar-refractivity contribution is 0.109. The summed E-state index contributed by atoms with van der Waals surface area (Å²) in [6.45, 7) is 0. The lowest BCUT2D eigenvalue weighted by Crippen LogP contribution is -2.08. The minimum atomic E-state index is -0.381. The van der Waals surface area contributed by atoms with Gasteiger partial charge < -0.3 is 8.83 Å². The van der Waals surface area contributed by atoms with E-state index in [9.17, 15) is 9.59 Å². The molecule has 2 heterocycles. The molecule has 0 saturated carbocycles. The largest absolute Gasteiger partial charge is 0.458 e. The minimum absolute atomic E-state index is 0.312. The number of rotatable bonds is 3. The Hall–Kier alpha value is -2.56. The van der Waals surface area contributed by atoms with Gasteiger partial charge in [0.1, 0.15) is 5.76 Å². The lowest BCUT2D eigenvalue weighted by Gasteiger charge is -1.99. The molecule has 0 aliphatic rings. The van der Waals surface area contributed by atoms with Gasteiger partial charge in [-0.2, -0.15) is 0 Å².